The van der Waals surface area contributed by atoms with Crippen LogP contribution in [0.25, 0.3) is 16.9 Å². The molecule has 1 N–H and O–H groups in total. The van der Waals surface area contributed by atoms with Crippen LogP contribution in [0.5, 0.6) is 0 Å². The lowest BCUT2D eigenvalue weighted by molar-refractivity contribution is -0.137. The standard InChI is InChI=1S/C18H17F3N4O/c1-17(2,3)16(26)24-13-9-11(6-7-12(13)18(19,20)21)14-10-25-15(23-14)5-4-8-22-25/h4-10H,1-3H3,(H,24,26). The zero-order valence-corrected chi connectivity index (χ0v) is 14.4. The predicted molar refractivity (Wildman–Crippen MR) is 91.5 cm³/mol. The first-order valence-corrected chi connectivity index (χ1v) is 7.89. The summed E-state index contributed by atoms with van der Waals surface area (Å²) in [6.45, 7) is 4.90. The molecule has 0 aliphatic carbocycles. The molecule has 5 nitrogen and oxygen atoms in total. The maximum Gasteiger partial charge on any atom is 0.418 e. The van der Waals surface area contributed by atoms with Gasteiger partial charge in [-0.05, 0) is 24.3 Å². The van der Waals surface area contributed by atoms with Gasteiger partial charge in [0, 0.05) is 17.2 Å². The Balaban J connectivity index is 2.08. The van der Waals surface area contributed by atoms with Crippen LogP contribution in [0.1, 0.15) is 26.3 Å². The van der Waals surface area contributed by atoms with E-state index in [1.54, 1.807) is 45.3 Å². The second-order valence-corrected chi connectivity index (χ2v) is 6.91. The third-order valence-electron chi connectivity index (χ3n) is 3.79. The largest absolute Gasteiger partial charge is 0.418 e. The van der Waals surface area contributed by atoms with E-state index < -0.39 is 23.1 Å². The van der Waals surface area contributed by atoms with Crippen molar-refractivity contribution in [3.05, 3.63) is 48.3 Å². The number of anilines is 1. The van der Waals surface area contributed by atoms with Gasteiger partial charge in [-0.15, -0.1) is 0 Å². The molecule has 1 aromatic carbocycles. The highest BCUT2D eigenvalue weighted by atomic mass is 19.4. The molecular formula is C18H17F3N4O. The fourth-order valence-electron chi connectivity index (χ4n) is 2.33. The molecule has 0 saturated heterocycles. The zero-order chi connectivity index (χ0) is 19.1. The first kappa shape index (κ1) is 17.9. The van der Waals surface area contributed by atoms with Gasteiger partial charge in [0.25, 0.3) is 0 Å². The fraction of sp³-hybridized carbons (Fsp3) is 0.278. The fourth-order valence-corrected chi connectivity index (χ4v) is 2.33. The van der Waals surface area contributed by atoms with Gasteiger partial charge in [0.15, 0.2) is 5.65 Å². The summed E-state index contributed by atoms with van der Waals surface area (Å²) in [5, 5.41) is 6.48. The van der Waals surface area contributed by atoms with Crippen LogP contribution in [0.2, 0.25) is 0 Å². The van der Waals surface area contributed by atoms with Gasteiger partial charge in [-0.1, -0.05) is 26.8 Å². The number of alkyl halides is 3. The van der Waals surface area contributed by atoms with Crippen LogP contribution in [-0.2, 0) is 11.0 Å². The van der Waals surface area contributed by atoms with Crippen molar-refractivity contribution in [2.24, 2.45) is 5.41 Å². The first-order valence-electron chi connectivity index (χ1n) is 7.89. The Hall–Kier alpha value is -2.90. The van der Waals surface area contributed by atoms with Gasteiger partial charge in [0.05, 0.1) is 23.1 Å². The van der Waals surface area contributed by atoms with E-state index in [9.17, 15) is 18.0 Å². The molecule has 2 heterocycles. The summed E-state index contributed by atoms with van der Waals surface area (Å²) < 4.78 is 41.5. The van der Waals surface area contributed by atoms with Crippen molar-refractivity contribution in [2.45, 2.75) is 26.9 Å². The molecule has 3 aromatic rings. The van der Waals surface area contributed by atoms with Gasteiger partial charge < -0.3 is 5.32 Å². The number of hydrogen-bond donors (Lipinski definition) is 1. The molecule has 0 bridgehead atoms. The maximum absolute atomic E-state index is 13.3. The Morgan fingerprint density at radius 1 is 1.15 bits per heavy atom. The number of halogens is 3. The van der Waals surface area contributed by atoms with E-state index in [-0.39, 0.29) is 5.69 Å². The normalized spacial score (nSPS) is 12.4. The lowest BCUT2D eigenvalue weighted by atomic mass is 9.95. The van der Waals surface area contributed by atoms with Crippen molar-refractivity contribution < 1.29 is 18.0 Å². The lowest BCUT2D eigenvalue weighted by Crippen LogP contribution is -2.28. The molecule has 2 aromatic heterocycles. The predicted octanol–water partition coefficient (Wildman–Crippen LogP) is 4.40. The molecule has 0 spiro atoms. The highest BCUT2D eigenvalue weighted by Crippen LogP contribution is 2.37. The van der Waals surface area contributed by atoms with Gasteiger partial charge in [0.1, 0.15) is 0 Å². The van der Waals surface area contributed by atoms with Crippen molar-refractivity contribution in [1.29, 1.82) is 0 Å². The zero-order valence-electron chi connectivity index (χ0n) is 14.4. The summed E-state index contributed by atoms with van der Waals surface area (Å²) >= 11 is 0. The summed E-state index contributed by atoms with van der Waals surface area (Å²) in [4.78, 5) is 16.5. The summed E-state index contributed by atoms with van der Waals surface area (Å²) in [6, 6.07) is 7.02. The van der Waals surface area contributed by atoms with E-state index in [1.165, 1.54) is 16.6 Å². The SMILES string of the molecule is CC(C)(C)C(=O)Nc1cc(-c2cn3ncccc3n2)ccc1C(F)(F)F. The van der Waals surface area contributed by atoms with E-state index in [0.29, 0.717) is 16.9 Å². The van der Waals surface area contributed by atoms with E-state index in [1.807, 2.05) is 0 Å². The van der Waals surface area contributed by atoms with Gasteiger partial charge in [-0.3, -0.25) is 4.79 Å². The Morgan fingerprint density at radius 2 is 1.88 bits per heavy atom. The summed E-state index contributed by atoms with van der Waals surface area (Å²) in [6.07, 6.45) is -1.38. The highest BCUT2D eigenvalue weighted by Gasteiger charge is 2.35. The van der Waals surface area contributed by atoms with Gasteiger partial charge in [-0.25, -0.2) is 9.50 Å². The third-order valence-corrected chi connectivity index (χ3v) is 3.79. The number of nitrogens with one attached hydrogen (secondary N) is 1. The molecule has 0 radical (unpaired) electrons. The van der Waals surface area contributed by atoms with Gasteiger partial charge in [-0.2, -0.15) is 18.3 Å². The van der Waals surface area contributed by atoms with Crippen LogP contribution in [0.4, 0.5) is 18.9 Å². The second-order valence-electron chi connectivity index (χ2n) is 6.91. The number of rotatable bonds is 2. The number of fused-ring (bicyclic) bond motifs is 1. The van der Waals surface area contributed by atoms with Crippen molar-refractivity contribution in [2.75, 3.05) is 5.32 Å². The van der Waals surface area contributed by atoms with Crippen LogP contribution in [0.3, 0.4) is 0 Å². The van der Waals surface area contributed by atoms with Crippen molar-refractivity contribution >= 4 is 17.2 Å². The topological polar surface area (TPSA) is 59.3 Å². The molecule has 1 amide bonds. The van der Waals surface area contributed by atoms with Crippen molar-refractivity contribution in [3.63, 3.8) is 0 Å². The maximum atomic E-state index is 13.3. The molecule has 26 heavy (non-hydrogen) atoms. The Kier molecular flexibility index (Phi) is 4.21. The van der Waals surface area contributed by atoms with Crippen LogP contribution >= 0.6 is 0 Å². The second kappa shape index (κ2) is 6.12. The number of hydrogen-bond acceptors (Lipinski definition) is 3. The highest BCUT2D eigenvalue weighted by molar-refractivity contribution is 5.96. The summed E-state index contributed by atoms with van der Waals surface area (Å²) in [5.41, 5.74) is -0.536. The van der Waals surface area contributed by atoms with Crippen LogP contribution in [0, 0.1) is 5.41 Å². The van der Waals surface area contributed by atoms with E-state index in [2.05, 4.69) is 15.4 Å². The van der Waals surface area contributed by atoms with Crippen LogP contribution in [-0.4, -0.2) is 20.5 Å². The minimum Gasteiger partial charge on any atom is -0.325 e. The molecule has 136 valence electrons. The smallest absolute Gasteiger partial charge is 0.325 e. The molecule has 0 saturated carbocycles. The minimum absolute atomic E-state index is 0.292. The first-order chi connectivity index (χ1) is 12.1. The number of imidazole rings is 1. The third kappa shape index (κ3) is 3.54. The summed E-state index contributed by atoms with van der Waals surface area (Å²) in [5.74, 6) is -0.503. The Bertz CT molecular complexity index is 937. The molecular weight excluding hydrogens is 345 g/mol. The average Bonchev–Trinajstić information content (AvgIpc) is 2.97. The van der Waals surface area contributed by atoms with Crippen LogP contribution < -0.4 is 5.32 Å². The molecule has 8 heteroatoms. The number of nitrogens with zero attached hydrogens (tertiary/aromatic N) is 3. The van der Waals surface area contributed by atoms with Crippen molar-refractivity contribution in [3.8, 4) is 11.3 Å². The average molecular weight is 362 g/mol. The van der Waals surface area contributed by atoms with E-state index >= 15 is 0 Å². The molecule has 3 rings (SSSR count). The van der Waals surface area contributed by atoms with Crippen molar-refractivity contribution in [1.82, 2.24) is 14.6 Å². The van der Waals surface area contributed by atoms with E-state index in [0.717, 1.165) is 6.07 Å². The van der Waals surface area contributed by atoms with Gasteiger partial charge >= 0.3 is 6.18 Å². The summed E-state index contributed by atoms with van der Waals surface area (Å²) in [7, 11) is 0. The van der Waals surface area contributed by atoms with Gasteiger partial charge in [0.2, 0.25) is 5.91 Å². The number of carbonyl (C=O) groups excluding carboxylic acids is 1. The molecule has 0 fully saturated rings. The molecule has 0 unspecified atom stereocenters. The number of carbonyl (C=O) groups is 1. The van der Waals surface area contributed by atoms with E-state index in [4.69, 9.17) is 0 Å². The van der Waals surface area contributed by atoms with Crippen LogP contribution in [0.15, 0.2) is 42.7 Å². The molecule has 0 aliphatic rings. The quantitative estimate of drug-likeness (QED) is 0.735. The number of aromatic nitrogens is 3. The molecule has 0 atom stereocenters. The lowest BCUT2D eigenvalue weighted by Gasteiger charge is -2.20. The monoisotopic (exact) mass is 362 g/mol. The Labute approximate surface area is 147 Å². The number of amides is 1. The molecule has 0 aliphatic heterocycles. The Morgan fingerprint density at radius 3 is 2.50 bits per heavy atom. The minimum atomic E-state index is -4.58. The number of benzene rings is 1.